The topological polar surface area (TPSA) is 87.7 Å². The molecule has 6 heterocycles. The van der Waals surface area contributed by atoms with Crippen LogP contribution in [-0.2, 0) is 0 Å². The predicted molar refractivity (Wildman–Crippen MR) is 519 cm³/mol. The van der Waals surface area contributed by atoms with Gasteiger partial charge in [0.2, 0.25) is 0 Å². The fraction of sp³-hybridized carbons (Fsp3) is 0.0169. The Labute approximate surface area is 723 Å². The molecule has 8 nitrogen and oxygen atoms in total. The molecular weight excluding hydrogens is 1530 g/mol. The summed E-state index contributed by atoms with van der Waals surface area (Å²) in [7, 11) is 0. The van der Waals surface area contributed by atoms with E-state index in [9.17, 15) is 0 Å². The molecule has 0 amide bonds. The molecule has 3 aliphatic rings. The summed E-state index contributed by atoms with van der Waals surface area (Å²) in [5.41, 5.74) is 37.4. The van der Waals surface area contributed by atoms with Crippen molar-refractivity contribution in [1.82, 2.24) is 29.1 Å². The number of hydrogen-bond donors (Lipinski definition) is 0. The molecule has 0 aliphatic heterocycles. The van der Waals surface area contributed by atoms with E-state index in [-0.39, 0.29) is 0 Å². The van der Waals surface area contributed by atoms with Gasteiger partial charge in [-0.15, -0.1) is 0 Å². The first-order chi connectivity index (χ1) is 62.4. The van der Waals surface area contributed by atoms with Crippen molar-refractivity contribution in [1.29, 1.82) is 0 Å². The lowest BCUT2D eigenvalue weighted by molar-refractivity contribution is 0.668. The number of aromatic nitrogens is 6. The van der Waals surface area contributed by atoms with Crippen LogP contribution in [0.25, 0.3) is 266 Å². The highest BCUT2D eigenvalue weighted by molar-refractivity contribution is 6.33. The SMILES string of the molecule is C1=CCC(c2ccc(-c3cc(-c4ccc(-n5c6ccc(-c7ccc8oc9ccccc9c8c7)cc6c6c7ccc(-c8ccc9oc%10ccc(-c%11ccc%12c(c%11)c%11c%13cccc%14c%13c(cc%11n%12-c%11cccc(-c%12cc(-c%13ccccc%13)nc(-c%13ccccc%13)n%12)c%11)-c%11ccccc%11-%14)cc%10c9c8)c8c7c(cc65)-c5ccccc5-8)cc4)nc(-c4ccccc4)n3)cc2)C=C1. The average molecular weight is 1600 g/mol. The number of rotatable bonds is 12. The quantitative estimate of drug-likeness (QED) is 0.121. The zero-order chi connectivity index (χ0) is 82.3. The third kappa shape index (κ3) is 10.9. The van der Waals surface area contributed by atoms with E-state index in [0.717, 1.165) is 168 Å². The zero-order valence-electron chi connectivity index (χ0n) is 68.0. The van der Waals surface area contributed by atoms with Crippen LogP contribution in [0.2, 0.25) is 0 Å². The lowest BCUT2D eigenvalue weighted by atomic mass is 9.90. The Morgan fingerprint density at radius 1 is 0.230 bits per heavy atom. The van der Waals surface area contributed by atoms with E-state index in [1.54, 1.807) is 0 Å². The van der Waals surface area contributed by atoms with Gasteiger partial charge in [0, 0.05) is 93.8 Å². The molecule has 126 heavy (non-hydrogen) atoms. The molecule has 18 aromatic carbocycles. The van der Waals surface area contributed by atoms with Crippen LogP contribution in [0, 0.1) is 0 Å². The summed E-state index contributed by atoms with van der Waals surface area (Å²) in [5, 5.41) is 14.0. The van der Waals surface area contributed by atoms with E-state index >= 15 is 0 Å². The van der Waals surface area contributed by atoms with Crippen molar-refractivity contribution in [3.63, 3.8) is 0 Å². The van der Waals surface area contributed by atoms with Gasteiger partial charge in [0.1, 0.15) is 22.3 Å². The Kier molecular flexibility index (Phi) is 15.2. The zero-order valence-corrected chi connectivity index (χ0v) is 68.0. The van der Waals surface area contributed by atoms with E-state index in [2.05, 4.69) is 379 Å². The molecule has 584 valence electrons. The summed E-state index contributed by atoms with van der Waals surface area (Å²) in [6, 6.07) is 139. The van der Waals surface area contributed by atoms with Crippen molar-refractivity contribution in [3.8, 4) is 157 Å². The first-order valence-electron chi connectivity index (χ1n) is 43.2. The Balaban J connectivity index is 0.601. The number of fused-ring (bicyclic) bond motifs is 20. The highest BCUT2D eigenvalue weighted by Gasteiger charge is 2.31. The Hall–Kier alpha value is -16.7. The third-order valence-corrected chi connectivity index (χ3v) is 26.8. The molecule has 24 aromatic rings. The van der Waals surface area contributed by atoms with Gasteiger partial charge in [-0.1, -0.05) is 291 Å². The molecule has 6 aromatic heterocycles. The van der Waals surface area contributed by atoms with Gasteiger partial charge in [0.25, 0.3) is 0 Å². The summed E-state index contributed by atoms with van der Waals surface area (Å²) in [6.07, 6.45) is 9.80. The standard InChI is InChI=1S/C118H70N6O2/c1-5-21-69(22-6-1)70-39-41-72(42-40-70)101-67-102(121-117(120-101)74-25-9-3-10-26-74)73-43-50-82(51-44-73)123-104-54-45-76(78-47-56-109-93(60-78)88-34-17-18-38-108(88)125-109)62-98(104)114-92-53-52-84(115-90-35-16-15-33-87(90)97(116(92)115)66-106(114)123)80-49-58-111-95(64-80)94-61-79(48-57-110(94)126-111)77-46-55-105-99(63-77)113-91-37-20-36-89-85-31-13-14-32-86(85)96(112(89)91)65-107(113)124(105)83-30-19-29-81(59-83)103-68-100(71-23-7-2-8-24-71)119-118(122-103)75-27-11-4-12-28-75/h1-21,23-69H,22H2. The fourth-order valence-electron chi connectivity index (χ4n) is 20.9. The fourth-order valence-corrected chi connectivity index (χ4v) is 20.9. The van der Waals surface area contributed by atoms with Crippen LogP contribution in [0.15, 0.2) is 415 Å². The highest BCUT2D eigenvalue weighted by Crippen LogP contribution is 2.57. The number of furan rings is 2. The van der Waals surface area contributed by atoms with Crippen LogP contribution in [0.3, 0.4) is 0 Å². The average Bonchev–Trinajstić information content (AvgIpc) is 1.54. The van der Waals surface area contributed by atoms with Crippen LogP contribution in [0.5, 0.6) is 0 Å². The molecule has 3 aliphatic carbocycles. The smallest absolute Gasteiger partial charge is 0.160 e. The maximum atomic E-state index is 6.88. The molecule has 0 saturated heterocycles. The second-order valence-electron chi connectivity index (χ2n) is 33.7. The summed E-state index contributed by atoms with van der Waals surface area (Å²) >= 11 is 0. The van der Waals surface area contributed by atoms with Gasteiger partial charge in [-0.05, 0) is 227 Å². The van der Waals surface area contributed by atoms with Crippen molar-refractivity contribution >= 4 is 109 Å². The van der Waals surface area contributed by atoms with E-state index in [0.29, 0.717) is 17.6 Å². The lowest BCUT2D eigenvalue weighted by Crippen LogP contribution is -1.98. The van der Waals surface area contributed by atoms with Crippen LogP contribution in [-0.4, -0.2) is 29.1 Å². The second kappa shape index (κ2) is 27.4. The summed E-state index contributed by atoms with van der Waals surface area (Å²) in [6.45, 7) is 0. The summed E-state index contributed by atoms with van der Waals surface area (Å²) in [4.78, 5) is 21.0. The number of benzene rings is 18. The Morgan fingerprint density at radius 2 is 0.659 bits per heavy atom. The minimum Gasteiger partial charge on any atom is -0.456 e. The van der Waals surface area contributed by atoms with Gasteiger partial charge in [-0.25, -0.2) is 19.9 Å². The first kappa shape index (κ1) is 70.0. The molecule has 8 heteroatoms. The maximum absolute atomic E-state index is 6.88. The predicted octanol–water partition coefficient (Wildman–Crippen LogP) is 31.5. The number of hydrogen-bond acceptors (Lipinski definition) is 6. The molecule has 27 rings (SSSR count). The molecule has 0 N–H and O–H groups in total. The minimum atomic E-state index is 0.354. The van der Waals surface area contributed by atoms with E-state index in [4.69, 9.17) is 28.8 Å². The van der Waals surface area contributed by atoms with Crippen molar-refractivity contribution in [2.75, 3.05) is 0 Å². The van der Waals surface area contributed by atoms with Crippen molar-refractivity contribution in [2.24, 2.45) is 0 Å². The molecule has 1 atom stereocenters. The lowest BCUT2D eigenvalue weighted by Gasteiger charge is -2.14. The van der Waals surface area contributed by atoms with Gasteiger partial charge in [-0.3, -0.25) is 0 Å². The van der Waals surface area contributed by atoms with Crippen LogP contribution in [0.4, 0.5) is 0 Å². The summed E-state index contributed by atoms with van der Waals surface area (Å²) < 4.78 is 18.2. The summed E-state index contributed by atoms with van der Waals surface area (Å²) in [5.74, 6) is 1.72. The van der Waals surface area contributed by atoms with E-state index in [1.165, 1.54) is 98.7 Å². The van der Waals surface area contributed by atoms with Crippen molar-refractivity contribution in [3.05, 3.63) is 412 Å². The largest absolute Gasteiger partial charge is 0.456 e. The van der Waals surface area contributed by atoms with Gasteiger partial charge in [0.15, 0.2) is 11.6 Å². The maximum Gasteiger partial charge on any atom is 0.160 e. The molecule has 0 spiro atoms. The van der Waals surface area contributed by atoms with Gasteiger partial charge in [-0.2, -0.15) is 0 Å². The molecular formula is C118H70N6O2. The number of nitrogens with zero attached hydrogens (tertiary/aromatic N) is 6. The Bertz CT molecular complexity index is 8790. The number of para-hydroxylation sites is 1. The second-order valence-corrected chi connectivity index (χ2v) is 33.7. The van der Waals surface area contributed by atoms with E-state index in [1.807, 2.05) is 36.4 Å². The molecule has 0 saturated carbocycles. The minimum absolute atomic E-state index is 0.354. The Morgan fingerprint density at radius 3 is 1.26 bits per heavy atom. The molecule has 0 bridgehead atoms. The molecule has 0 radical (unpaired) electrons. The third-order valence-electron chi connectivity index (χ3n) is 26.8. The van der Waals surface area contributed by atoms with Crippen LogP contribution >= 0.6 is 0 Å². The van der Waals surface area contributed by atoms with Gasteiger partial charge < -0.3 is 18.0 Å². The monoisotopic (exact) mass is 1600 g/mol. The molecule has 1 unspecified atom stereocenters. The molecule has 0 fully saturated rings. The van der Waals surface area contributed by atoms with E-state index < -0.39 is 0 Å². The highest BCUT2D eigenvalue weighted by atomic mass is 16.3. The normalized spacial score (nSPS) is 13.2. The van der Waals surface area contributed by atoms with Gasteiger partial charge in [0.05, 0.1) is 44.8 Å². The van der Waals surface area contributed by atoms with Crippen LogP contribution < -0.4 is 0 Å². The van der Waals surface area contributed by atoms with Crippen molar-refractivity contribution < 1.29 is 8.83 Å². The van der Waals surface area contributed by atoms with Crippen LogP contribution in [0.1, 0.15) is 17.9 Å². The van der Waals surface area contributed by atoms with Crippen molar-refractivity contribution in [2.45, 2.75) is 12.3 Å². The number of allylic oxidation sites excluding steroid dienone is 4. The first-order valence-corrected chi connectivity index (χ1v) is 43.2. The van der Waals surface area contributed by atoms with Gasteiger partial charge >= 0.3 is 0 Å².